The van der Waals surface area contributed by atoms with Crippen molar-refractivity contribution in [1.82, 2.24) is 0 Å². The third kappa shape index (κ3) is 6.80. The molecule has 4 nitrogen and oxygen atoms in total. The molecule has 1 aliphatic carbocycles. The molecule has 0 aromatic heterocycles. The molecule has 0 radical (unpaired) electrons. The molecule has 37 heavy (non-hydrogen) atoms. The van der Waals surface area contributed by atoms with Crippen LogP contribution in [0.1, 0.15) is 70.3 Å². The van der Waals surface area contributed by atoms with E-state index in [4.69, 9.17) is 9.84 Å². The fourth-order valence-electron chi connectivity index (χ4n) is 6.24. The van der Waals surface area contributed by atoms with Crippen molar-refractivity contribution in [3.63, 3.8) is 0 Å². The number of carbonyl (C=O) groups is 1. The second kappa shape index (κ2) is 13.2. The quantitative estimate of drug-likeness (QED) is 0.210. The maximum absolute atomic E-state index is 10.8. The van der Waals surface area contributed by atoms with Crippen LogP contribution in [0, 0.1) is 11.8 Å². The van der Waals surface area contributed by atoms with Gasteiger partial charge in [-0.05, 0) is 54.7 Å². The number of aliphatic hydroxyl groups excluding tert-OH is 1. The standard InChI is InChI=1S/C33H42O4/c1-2-3-7-14-28(34)21-22-29-30(15-10-4-5-11-16-32(35)36)33(23-31(29)37-24-33)27-19-17-26(18-20-27)25-12-8-6-9-13-25/h4,6,8-10,12-13,17-22,28-31,34H,2-3,5,7,11,14-16,23-24H2,1H3,(H,35,36)/t28-,29+,30+,31+,33+/m1/s1. The maximum atomic E-state index is 10.8. The van der Waals surface area contributed by atoms with E-state index in [0.717, 1.165) is 51.6 Å². The Kier molecular flexibility index (Phi) is 9.76. The van der Waals surface area contributed by atoms with E-state index < -0.39 is 12.1 Å². The molecule has 0 unspecified atom stereocenters. The van der Waals surface area contributed by atoms with E-state index in [1.165, 1.54) is 16.7 Å². The third-order valence-corrected chi connectivity index (χ3v) is 8.27. The van der Waals surface area contributed by atoms with Crippen molar-refractivity contribution in [1.29, 1.82) is 0 Å². The average molecular weight is 503 g/mol. The molecular weight excluding hydrogens is 460 g/mol. The number of hydrogen-bond donors (Lipinski definition) is 2. The molecule has 2 aromatic carbocycles. The minimum atomic E-state index is -0.737. The lowest BCUT2D eigenvalue weighted by molar-refractivity contribution is -0.137. The Morgan fingerprint density at radius 3 is 2.54 bits per heavy atom. The number of carboxylic acid groups (broad SMARTS) is 1. The molecule has 0 amide bonds. The smallest absolute Gasteiger partial charge is 0.303 e. The number of ether oxygens (including phenoxy) is 1. The zero-order valence-corrected chi connectivity index (χ0v) is 22.1. The van der Waals surface area contributed by atoms with Crippen LogP contribution in [0.3, 0.4) is 0 Å². The van der Waals surface area contributed by atoms with Gasteiger partial charge in [0.2, 0.25) is 0 Å². The molecular formula is C33H42O4. The lowest BCUT2D eigenvalue weighted by Crippen LogP contribution is -2.39. The van der Waals surface area contributed by atoms with Crippen molar-refractivity contribution in [2.75, 3.05) is 6.61 Å². The summed E-state index contributed by atoms with van der Waals surface area (Å²) in [4.78, 5) is 10.8. The number of aliphatic hydroxyl groups is 1. The summed E-state index contributed by atoms with van der Waals surface area (Å²) in [5.74, 6) is -0.102. The summed E-state index contributed by atoms with van der Waals surface area (Å²) in [6.45, 7) is 2.91. The molecule has 1 aliphatic heterocycles. The molecule has 2 aliphatic rings. The van der Waals surface area contributed by atoms with Gasteiger partial charge in [0.05, 0.1) is 18.8 Å². The number of fused-ring (bicyclic) bond motifs is 2. The minimum absolute atomic E-state index is 0.0482. The van der Waals surface area contributed by atoms with E-state index in [1.54, 1.807) is 0 Å². The Morgan fingerprint density at radius 1 is 1.05 bits per heavy atom. The number of hydrogen-bond acceptors (Lipinski definition) is 3. The van der Waals surface area contributed by atoms with Crippen molar-refractivity contribution >= 4 is 5.97 Å². The summed E-state index contributed by atoms with van der Waals surface area (Å²) >= 11 is 0. The van der Waals surface area contributed by atoms with E-state index in [1.807, 2.05) is 12.1 Å². The van der Waals surface area contributed by atoms with E-state index in [2.05, 4.69) is 73.7 Å². The monoisotopic (exact) mass is 502 g/mol. The van der Waals surface area contributed by atoms with Gasteiger partial charge >= 0.3 is 5.97 Å². The third-order valence-electron chi connectivity index (χ3n) is 8.27. The number of allylic oxidation sites excluding steroid dienone is 2. The van der Waals surface area contributed by atoms with Crippen LogP contribution in [-0.2, 0) is 14.9 Å². The van der Waals surface area contributed by atoms with Crippen molar-refractivity contribution in [2.24, 2.45) is 11.8 Å². The lowest BCUT2D eigenvalue weighted by atomic mass is 9.69. The molecule has 198 valence electrons. The summed E-state index contributed by atoms with van der Waals surface area (Å²) in [5.41, 5.74) is 3.72. The van der Waals surface area contributed by atoms with Crippen LogP contribution in [0.2, 0.25) is 0 Å². The van der Waals surface area contributed by atoms with Crippen LogP contribution in [0.15, 0.2) is 78.9 Å². The number of rotatable bonds is 14. The molecule has 1 saturated heterocycles. The van der Waals surface area contributed by atoms with Crippen molar-refractivity contribution < 1.29 is 19.7 Å². The molecule has 0 spiro atoms. The number of carboxylic acids is 1. The highest BCUT2D eigenvalue weighted by atomic mass is 16.5. The summed E-state index contributed by atoms with van der Waals surface area (Å²) < 4.78 is 6.35. The molecule has 4 rings (SSSR count). The van der Waals surface area contributed by atoms with Gasteiger partial charge in [-0.2, -0.15) is 0 Å². The first-order chi connectivity index (χ1) is 18.0. The van der Waals surface area contributed by atoms with Crippen molar-refractivity contribution in [3.05, 3.63) is 84.5 Å². The van der Waals surface area contributed by atoms with Gasteiger partial charge in [0, 0.05) is 17.8 Å². The van der Waals surface area contributed by atoms with Crippen LogP contribution in [-0.4, -0.2) is 35.0 Å². The second-order valence-corrected chi connectivity index (χ2v) is 10.8. The Bertz CT molecular complexity index is 1040. The van der Waals surface area contributed by atoms with E-state index in [-0.39, 0.29) is 23.9 Å². The van der Waals surface area contributed by atoms with Gasteiger partial charge in [-0.15, -0.1) is 0 Å². The van der Waals surface area contributed by atoms with Crippen LogP contribution >= 0.6 is 0 Å². The Balaban J connectivity index is 1.53. The fourth-order valence-corrected chi connectivity index (χ4v) is 6.24. The molecule has 1 heterocycles. The normalized spacial score (nSPS) is 25.8. The molecule has 1 saturated carbocycles. The number of unbranched alkanes of at least 4 members (excludes halogenated alkanes) is 3. The first-order valence-electron chi connectivity index (χ1n) is 14.0. The van der Waals surface area contributed by atoms with Gasteiger partial charge in [-0.25, -0.2) is 0 Å². The Labute approximate surface area is 222 Å². The predicted molar refractivity (Wildman–Crippen MR) is 149 cm³/mol. The zero-order chi connectivity index (χ0) is 26.1. The molecule has 2 aromatic rings. The van der Waals surface area contributed by atoms with Gasteiger partial charge in [0.1, 0.15) is 0 Å². The predicted octanol–water partition coefficient (Wildman–Crippen LogP) is 7.32. The van der Waals surface area contributed by atoms with Gasteiger partial charge in [0.25, 0.3) is 0 Å². The Hall–Kier alpha value is -2.69. The molecule has 2 fully saturated rings. The van der Waals surface area contributed by atoms with Crippen LogP contribution < -0.4 is 0 Å². The van der Waals surface area contributed by atoms with Gasteiger partial charge < -0.3 is 14.9 Å². The SMILES string of the molecule is CCCCC[C@@H](O)C=C[C@@H]1[C@@H]2C[C@@](c3ccc(-c4ccccc4)cc3)(CO2)[C@H]1CC=CCCCC(=O)O. The summed E-state index contributed by atoms with van der Waals surface area (Å²) in [7, 11) is 0. The Morgan fingerprint density at radius 2 is 1.81 bits per heavy atom. The summed E-state index contributed by atoms with van der Waals surface area (Å²) in [6.07, 6.45) is 16.1. The van der Waals surface area contributed by atoms with Crippen LogP contribution in [0.25, 0.3) is 11.1 Å². The van der Waals surface area contributed by atoms with Crippen LogP contribution in [0.4, 0.5) is 0 Å². The minimum Gasteiger partial charge on any atom is -0.481 e. The van der Waals surface area contributed by atoms with Gasteiger partial charge in [-0.3, -0.25) is 4.79 Å². The average Bonchev–Trinajstić information content (AvgIpc) is 3.48. The van der Waals surface area contributed by atoms with Gasteiger partial charge in [0.15, 0.2) is 0 Å². The zero-order valence-electron chi connectivity index (χ0n) is 22.1. The van der Waals surface area contributed by atoms with E-state index in [9.17, 15) is 9.90 Å². The summed E-state index contributed by atoms with van der Waals surface area (Å²) in [5, 5.41) is 19.4. The van der Waals surface area contributed by atoms with E-state index in [0.29, 0.717) is 12.3 Å². The molecule has 2 N–H and O–H groups in total. The topological polar surface area (TPSA) is 66.8 Å². The lowest BCUT2D eigenvalue weighted by Gasteiger charge is -2.38. The molecule has 2 bridgehead atoms. The molecule has 5 atom stereocenters. The highest BCUT2D eigenvalue weighted by Gasteiger charge is 2.58. The van der Waals surface area contributed by atoms with Crippen molar-refractivity contribution in [2.45, 2.75) is 82.3 Å². The highest BCUT2D eigenvalue weighted by molar-refractivity contribution is 5.66. The largest absolute Gasteiger partial charge is 0.481 e. The molecule has 4 heteroatoms. The second-order valence-electron chi connectivity index (χ2n) is 10.8. The number of aliphatic carboxylic acids is 1. The first kappa shape index (κ1) is 27.3. The van der Waals surface area contributed by atoms with E-state index >= 15 is 0 Å². The van der Waals surface area contributed by atoms with Gasteiger partial charge in [-0.1, -0.05) is 105 Å². The highest BCUT2D eigenvalue weighted by Crippen LogP contribution is 2.57. The fraction of sp³-hybridized carbons (Fsp3) is 0.485. The van der Waals surface area contributed by atoms with Crippen LogP contribution in [0.5, 0.6) is 0 Å². The summed E-state index contributed by atoms with van der Waals surface area (Å²) in [6, 6.07) is 19.5. The number of benzene rings is 2. The maximum Gasteiger partial charge on any atom is 0.303 e. The first-order valence-corrected chi connectivity index (χ1v) is 14.0. The van der Waals surface area contributed by atoms with Crippen molar-refractivity contribution in [3.8, 4) is 11.1 Å².